The topological polar surface area (TPSA) is 79.3 Å². The summed E-state index contributed by atoms with van der Waals surface area (Å²) in [5.41, 5.74) is 8.41. The first-order chi connectivity index (χ1) is 14.0. The zero-order chi connectivity index (χ0) is 20.8. The molecule has 0 aliphatic carbocycles. The van der Waals surface area contributed by atoms with Gasteiger partial charge in [-0.2, -0.15) is 0 Å². The number of hydrogen-bond acceptors (Lipinski definition) is 5. The highest BCUT2D eigenvalue weighted by molar-refractivity contribution is 7.99. The van der Waals surface area contributed by atoms with Gasteiger partial charge in [-0.1, -0.05) is 36.0 Å². The van der Waals surface area contributed by atoms with E-state index in [1.165, 1.54) is 11.8 Å². The Morgan fingerprint density at radius 2 is 1.90 bits per heavy atom. The maximum atomic E-state index is 12.3. The Morgan fingerprint density at radius 3 is 2.66 bits per heavy atom. The molecule has 1 aromatic heterocycles. The van der Waals surface area contributed by atoms with Crippen LogP contribution in [0.1, 0.15) is 15.9 Å². The van der Waals surface area contributed by atoms with Crippen molar-refractivity contribution < 1.29 is 9.59 Å². The molecule has 7 nitrogen and oxygen atoms in total. The summed E-state index contributed by atoms with van der Waals surface area (Å²) in [5, 5.41) is 0.708. The first-order valence-corrected chi connectivity index (χ1v) is 10.0. The number of carbonyl (C=O) groups is 2. The summed E-state index contributed by atoms with van der Waals surface area (Å²) in [6.45, 7) is 2.03. The van der Waals surface area contributed by atoms with E-state index in [4.69, 9.17) is 0 Å². The van der Waals surface area contributed by atoms with Crippen molar-refractivity contribution in [1.82, 2.24) is 20.4 Å². The third-order valence-electron chi connectivity index (χ3n) is 4.25. The van der Waals surface area contributed by atoms with Gasteiger partial charge in [0.1, 0.15) is 0 Å². The van der Waals surface area contributed by atoms with Crippen molar-refractivity contribution in [2.24, 2.45) is 0 Å². The van der Waals surface area contributed by atoms with Crippen molar-refractivity contribution in [3.8, 4) is 5.69 Å². The molecule has 0 saturated carbocycles. The summed E-state index contributed by atoms with van der Waals surface area (Å²) < 4.78 is 1.94. The first kappa shape index (κ1) is 20.5. The fourth-order valence-corrected chi connectivity index (χ4v) is 3.47. The van der Waals surface area contributed by atoms with Crippen molar-refractivity contribution in [3.63, 3.8) is 0 Å². The molecule has 0 atom stereocenters. The Morgan fingerprint density at radius 1 is 1.10 bits per heavy atom. The van der Waals surface area contributed by atoms with Crippen LogP contribution in [0.4, 0.5) is 5.69 Å². The molecule has 0 saturated heterocycles. The number of aryl methyl sites for hydroxylation is 1. The Hall–Kier alpha value is -3.26. The second kappa shape index (κ2) is 9.29. The van der Waals surface area contributed by atoms with E-state index in [1.807, 2.05) is 67.0 Å². The molecule has 1 heterocycles. The van der Waals surface area contributed by atoms with E-state index in [1.54, 1.807) is 24.4 Å². The predicted octanol–water partition coefficient (Wildman–Crippen LogP) is 2.80. The second-order valence-electron chi connectivity index (χ2n) is 6.60. The number of aromatic nitrogens is 2. The zero-order valence-corrected chi connectivity index (χ0v) is 17.4. The molecule has 2 N–H and O–H groups in total. The molecule has 3 rings (SSSR count). The van der Waals surface area contributed by atoms with Crippen LogP contribution in [0.3, 0.4) is 0 Å². The minimum atomic E-state index is -0.367. The lowest BCUT2D eigenvalue weighted by Gasteiger charge is -2.14. The van der Waals surface area contributed by atoms with Gasteiger partial charge in [0.2, 0.25) is 5.91 Å². The number of hydrazine groups is 1. The zero-order valence-electron chi connectivity index (χ0n) is 16.5. The molecule has 0 unspecified atom stereocenters. The van der Waals surface area contributed by atoms with E-state index < -0.39 is 0 Å². The van der Waals surface area contributed by atoms with Crippen LogP contribution in [-0.4, -0.2) is 41.2 Å². The minimum absolute atomic E-state index is 0.126. The average Bonchev–Trinajstić information content (AvgIpc) is 3.19. The van der Waals surface area contributed by atoms with E-state index >= 15 is 0 Å². The predicted molar refractivity (Wildman–Crippen MR) is 115 cm³/mol. The molecular weight excluding hydrogens is 386 g/mol. The molecule has 0 spiro atoms. The minimum Gasteiger partial charge on any atom is -0.378 e. The third-order valence-corrected chi connectivity index (χ3v) is 5.22. The third kappa shape index (κ3) is 5.17. The molecule has 0 aliphatic heterocycles. The van der Waals surface area contributed by atoms with Gasteiger partial charge >= 0.3 is 0 Å². The standard InChI is InChI=1S/C21H23N5O2S/c1-15-7-4-5-10-18(15)26-12-11-22-21(26)29-14-19(27)23-24-20(28)16-8-6-9-17(13-16)25(2)3/h4-13H,14H2,1-3H3,(H,23,27)(H,24,28). The van der Waals surface area contributed by atoms with E-state index in [-0.39, 0.29) is 17.6 Å². The number of nitrogens with one attached hydrogen (secondary N) is 2. The highest BCUT2D eigenvalue weighted by Crippen LogP contribution is 2.22. The molecule has 29 heavy (non-hydrogen) atoms. The van der Waals surface area contributed by atoms with Gasteiger partial charge in [0, 0.05) is 37.7 Å². The van der Waals surface area contributed by atoms with E-state index in [0.29, 0.717) is 10.7 Å². The number of anilines is 1. The van der Waals surface area contributed by atoms with Crippen molar-refractivity contribution in [1.29, 1.82) is 0 Å². The number of amides is 2. The van der Waals surface area contributed by atoms with Gasteiger partial charge in [-0.15, -0.1) is 0 Å². The number of carbonyl (C=O) groups excluding carboxylic acids is 2. The lowest BCUT2D eigenvalue weighted by Crippen LogP contribution is -2.42. The summed E-state index contributed by atoms with van der Waals surface area (Å²) in [6.07, 6.45) is 3.56. The second-order valence-corrected chi connectivity index (χ2v) is 7.54. The molecule has 3 aromatic rings. The number of rotatable bonds is 6. The maximum Gasteiger partial charge on any atom is 0.269 e. The smallest absolute Gasteiger partial charge is 0.269 e. The van der Waals surface area contributed by atoms with Gasteiger partial charge in [0.25, 0.3) is 5.91 Å². The van der Waals surface area contributed by atoms with Crippen molar-refractivity contribution in [2.45, 2.75) is 12.1 Å². The van der Waals surface area contributed by atoms with Gasteiger partial charge < -0.3 is 4.90 Å². The van der Waals surface area contributed by atoms with Gasteiger partial charge in [-0.3, -0.25) is 25.0 Å². The van der Waals surface area contributed by atoms with Gasteiger partial charge in [-0.25, -0.2) is 4.98 Å². The molecule has 2 amide bonds. The average molecular weight is 410 g/mol. The molecule has 2 aromatic carbocycles. The summed E-state index contributed by atoms with van der Waals surface area (Å²) >= 11 is 1.30. The SMILES string of the molecule is Cc1ccccc1-n1ccnc1SCC(=O)NNC(=O)c1cccc(N(C)C)c1. The number of imidazole rings is 1. The van der Waals surface area contributed by atoms with Crippen molar-refractivity contribution in [2.75, 3.05) is 24.7 Å². The normalized spacial score (nSPS) is 10.4. The molecule has 0 radical (unpaired) electrons. The van der Waals surface area contributed by atoms with Crippen LogP contribution in [0.2, 0.25) is 0 Å². The molecule has 0 aliphatic rings. The fourth-order valence-electron chi connectivity index (χ4n) is 2.70. The molecule has 0 fully saturated rings. The highest BCUT2D eigenvalue weighted by atomic mass is 32.2. The monoisotopic (exact) mass is 409 g/mol. The molecule has 0 bridgehead atoms. The summed E-state index contributed by atoms with van der Waals surface area (Å²) in [5.74, 6) is -0.555. The fraction of sp³-hybridized carbons (Fsp3) is 0.190. The number of para-hydroxylation sites is 1. The van der Waals surface area contributed by atoms with Crippen LogP contribution >= 0.6 is 11.8 Å². The maximum absolute atomic E-state index is 12.3. The van der Waals surface area contributed by atoms with Crippen LogP contribution < -0.4 is 15.8 Å². The number of nitrogens with zero attached hydrogens (tertiary/aromatic N) is 3. The lowest BCUT2D eigenvalue weighted by molar-refractivity contribution is -0.119. The van der Waals surface area contributed by atoms with Gasteiger partial charge in [0.05, 0.1) is 11.4 Å². The quantitative estimate of drug-likeness (QED) is 0.483. The summed E-state index contributed by atoms with van der Waals surface area (Å²) in [4.78, 5) is 30.7. The van der Waals surface area contributed by atoms with Gasteiger partial charge in [0.15, 0.2) is 5.16 Å². The van der Waals surface area contributed by atoms with E-state index in [2.05, 4.69) is 15.8 Å². The van der Waals surface area contributed by atoms with Crippen LogP contribution in [0.15, 0.2) is 66.1 Å². The largest absolute Gasteiger partial charge is 0.378 e. The van der Waals surface area contributed by atoms with Gasteiger partial charge in [-0.05, 0) is 36.8 Å². The highest BCUT2D eigenvalue weighted by Gasteiger charge is 2.12. The Balaban J connectivity index is 1.55. The van der Waals surface area contributed by atoms with Crippen LogP contribution in [0.25, 0.3) is 5.69 Å². The van der Waals surface area contributed by atoms with Crippen molar-refractivity contribution in [3.05, 3.63) is 72.1 Å². The molecular formula is C21H23N5O2S. The first-order valence-electron chi connectivity index (χ1n) is 9.04. The van der Waals surface area contributed by atoms with Crippen LogP contribution in [0, 0.1) is 6.92 Å². The Labute approximate surface area is 174 Å². The Kier molecular flexibility index (Phi) is 6.56. The molecule has 150 valence electrons. The lowest BCUT2D eigenvalue weighted by atomic mass is 10.2. The summed E-state index contributed by atoms with van der Waals surface area (Å²) in [6, 6.07) is 15.1. The Bertz CT molecular complexity index is 1020. The number of hydrogen-bond donors (Lipinski definition) is 2. The summed E-state index contributed by atoms with van der Waals surface area (Å²) in [7, 11) is 3.80. The number of benzene rings is 2. The van der Waals surface area contributed by atoms with E-state index in [9.17, 15) is 9.59 Å². The molecule has 8 heteroatoms. The van der Waals surface area contributed by atoms with E-state index in [0.717, 1.165) is 16.9 Å². The van der Waals surface area contributed by atoms with Crippen LogP contribution in [-0.2, 0) is 4.79 Å². The van der Waals surface area contributed by atoms with Crippen molar-refractivity contribution >= 4 is 29.3 Å². The number of thioether (sulfide) groups is 1. The van der Waals surface area contributed by atoms with Crippen LogP contribution in [0.5, 0.6) is 0 Å².